The minimum Gasteiger partial charge on any atom is -0.459 e. The summed E-state index contributed by atoms with van der Waals surface area (Å²) < 4.78 is 5.23. The maximum Gasteiger partial charge on any atom is 0.291 e. The molecule has 28 heavy (non-hydrogen) atoms. The summed E-state index contributed by atoms with van der Waals surface area (Å²) >= 11 is 0. The van der Waals surface area contributed by atoms with Gasteiger partial charge in [0.2, 0.25) is 0 Å². The van der Waals surface area contributed by atoms with E-state index in [0.29, 0.717) is 17.7 Å². The lowest BCUT2D eigenvalue weighted by Crippen LogP contribution is -2.34. The summed E-state index contributed by atoms with van der Waals surface area (Å²) in [7, 11) is 0. The van der Waals surface area contributed by atoms with Crippen LogP contribution in [-0.4, -0.2) is 22.8 Å². The molecule has 0 aliphatic carbocycles. The standard InChI is InChI=1S/C22H23N3O3/c1-14-7-8-17(13-19(14)25-22(27)20-15(2)9-11-28-20)21(26)24-16(3)12-18-6-4-5-10-23-18/h4-11,13,16H,12H2,1-3H3,(H,24,26)(H,25,27). The fourth-order valence-electron chi connectivity index (χ4n) is 2.87. The number of nitrogens with zero attached hydrogens (tertiary/aromatic N) is 1. The summed E-state index contributed by atoms with van der Waals surface area (Å²) in [5, 5.41) is 5.79. The van der Waals surface area contributed by atoms with Crippen LogP contribution >= 0.6 is 0 Å². The number of furan rings is 1. The molecule has 3 aromatic rings. The first-order valence-electron chi connectivity index (χ1n) is 9.11. The van der Waals surface area contributed by atoms with Crippen LogP contribution in [0.15, 0.2) is 59.3 Å². The number of aryl methyl sites for hydroxylation is 2. The first kappa shape index (κ1) is 19.4. The molecule has 144 valence electrons. The summed E-state index contributed by atoms with van der Waals surface area (Å²) in [6.07, 6.45) is 3.85. The van der Waals surface area contributed by atoms with Crippen molar-refractivity contribution in [3.63, 3.8) is 0 Å². The molecule has 0 aliphatic rings. The molecule has 1 atom stereocenters. The number of aromatic nitrogens is 1. The monoisotopic (exact) mass is 377 g/mol. The van der Waals surface area contributed by atoms with Gasteiger partial charge in [-0.2, -0.15) is 0 Å². The molecule has 2 amide bonds. The average molecular weight is 377 g/mol. The van der Waals surface area contributed by atoms with Gasteiger partial charge >= 0.3 is 0 Å². The van der Waals surface area contributed by atoms with E-state index in [9.17, 15) is 9.59 Å². The van der Waals surface area contributed by atoms with Crippen molar-refractivity contribution in [1.29, 1.82) is 0 Å². The smallest absolute Gasteiger partial charge is 0.291 e. The van der Waals surface area contributed by atoms with Gasteiger partial charge in [0, 0.05) is 41.2 Å². The fraction of sp³-hybridized carbons (Fsp3) is 0.227. The molecule has 6 nitrogen and oxygen atoms in total. The van der Waals surface area contributed by atoms with Crippen molar-refractivity contribution < 1.29 is 14.0 Å². The molecule has 3 rings (SSSR count). The molecule has 0 bridgehead atoms. The molecular weight excluding hydrogens is 354 g/mol. The molecule has 1 unspecified atom stereocenters. The van der Waals surface area contributed by atoms with Crippen molar-refractivity contribution in [3.05, 3.63) is 83.1 Å². The van der Waals surface area contributed by atoms with Crippen molar-refractivity contribution in [2.45, 2.75) is 33.2 Å². The lowest BCUT2D eigenvalue weighted by molar-refractivity contribution is 0.0938. The molecule has 2 aromatic heterocycles. The number of rotatable bonds is 6. The second kappa shape index (κ2) is 8.52. The Kier molecular flexibility index (Phi) is 5.89. The number of hydrogen-bond donors (Lipinski definition) is 2. The SMILES string of the molecule is Cc1ccc(C(=O)NC(C)Cc2ccccn2)cc1NC(=O)c1occc1C. The highest BCUT2D eigenvalue weighted by Crippen LogP contribution is 2.19. The Balaban J connectivity index is 1.69. The zero-order valence-corrected chi connectivity index (χ0v) is 16.2. The predicted molar refractivity (Wildman–Crippen MR) is 107 cm³/mol. The van der Waals surface area contributed by atoms with Gasteiger partial charge < -0.3 is 15.1 Å². The molecule has 0 saturated heterocycles. The van der Waals surface area contributed by atoms with E-state index in [1.54, 1.807) is 31.3 Å². The largest absolute Gasteiger partial charge is 0.459 e. The van der Waals surface area contributed by atoms with Crippen molar-refractivity contribution in [2.75, 3.05) is 5.32 Å². The van der Waals surface area contributed by atoms with Gasteiger partial charge in [0.1, 0.15) is 0 Å². The first-order chi connectivity index (χ1) is 13.4. The van der Waals surface area contributed by atoms with Crippen molar-refractivity contribution in [3.8, 4) is 0 Å². The Bertz CT molecular complexity index is 980. The quantitative estimate of drug-likeness (QED) is 0.682. The molecular formula is C22H23N3O3. The van der Waals surface area contributed by atoms with E-state index in [4.69, 9.17) is 4.42 Å². The van der Waals surface area contributed by atoms with Crippen LogP contribution in [0.25, 0.3) is 0 Å². The predicted octanol–water partition coefficient (Wildman–Crippen LogP) is 3.90. The Morgan fingerprint density at radius 3 is 2.57 bits per heavy atom. The number of amides is 2. The van der Waals surface area contributed by atoms with Gasteiger partial charge in [-0.15, -0.1) is 0 Å². The highest BCUT2D eigenvalue weighted by Gasteiger charge is 2.16. The zero-order chi connectivity index (χ0) is 20.1. The fourth-order valence-corrected chi connectivity index (χ4v) is 2.87. The lowest BCUT2D eigenvalue weighted by atomic mass is 10.1. The molecule has 0 radical (unpaired) electrons. The van der Waals surface area contributed by atoms with Crippen molar-refractivity contribution >= 4 is 17.5 Å². The van der Waals surface area contributed by atoms with Gasteiger partial charge in [-0.05, 0) is 56.7 Å². The van der Waals surface area contributed by atoms with Crippen LogP contribution in [-0.2, 0) is 6.42 Å². The number of anilines is 1. The van der Waals surface area contributed by atoms with E-state index in [1.165, 1.54) is 6.26 Å². The van der Waals surface area contributed by atoms with Crippen molar-refractivity contribution in [1.82, 2.24) is 10.3 Å². The second-order valence-electron chi connectivity index (χ2n) is 6.82. The van der Waals surface area contributed by atoms with Gasteiger partial charge in [-0.25, -0.2) is 0 Å². The van der Waals surface area contributed by atoms with E-state index < -0.39 is 0 Å². The summed E-state index contributed by atoms with van der Waals surface area (Å²) in [6.45, 7) is 5.61. The lowest BCUT2D eigenvalue weighted by Gasteiger charge is -2.15. The summed E-state index contributed by atoms with van der Waals surface area (Å²) in [6, 6.07) is 12.6. The molecule has 6 heteroatoms. The summed E-state index contributed by atoms with van der Waals surface area (Å²) in [5.41, 5.74) is 3.58. The average Bonchev–Trinajstić information content (AvgIpc) is 3.10. The minimum atomic E-state index is -0.341. The number of benzene rings is 1. The Labute approximate surface area is 164 Å². The third-order valence-corrected chi connectivity index (χ3v) is 4.44. The van der Waals surface area contributed by atoms with Crippen LogP contribution in [0, 0.1) is 13.8 Å². The molecule has 2 heterocycles. The molecule has 2 N–H and O–H groups in total. The number of carbonyl (C=O) groups is 2. The highest BCUT2D eigenvalue weighted by molar-refractivity contribution is 6.04. The van der Waals surface area contributed by atoms with Gasteiger partial charge in [0.05, 0.1) is 6.26 Å². The second-order valence-corrected chi connectivity index (χ2v) is 6.82. The number of pyridine rings is 1. The van der Waals surface area contributed by atoms with E-state index in [0.717, 1.165) is 16.8 Å². The van der Waals surface area contributed by atoms with Crippen LogP contribution in [0.3, 0.4) is 0 Å². The summed E-state index contributed by atoms with van der Waals surface area (Å²) in [4.78, 5) is 29.3. The summed E-state index contributed by atoms with van der Waals surface area (Å²) in [5.74, 6) is -0.280. The molecule has 0 spiro atoms. The number of hydrogen-bond acceptors (Lipinski definition) is 4. The van der Waals surface area contributed by atoms with Crippen LogP contribution in [0.4, 0.5) is 5.69 Å². The van der Waals surface area contributed by atoms with Gasteiger partial charge in [-0.3, -0.25) is 14.6 Å². The topological polar surface area (TPSA) is 84.2 Å². The van der Waals surface area contributed by atoms with E-state index in [2.05, 4.69) is 15.6 Å². The maximum atomic E-state index is 12.6. The highest BCUT2D eigenvalue weighted by atomic mass is 16.3. The van der Waals surface area contributed by atoms with Gasteiger partial charge in [0.15, 0.2) is 5.76 Å². The molecule has 0 aliphatic heterocycles. The molecule has 0 saturated carbocycles. The third-order valence-electron chi connectivity index (χ3n) is 4.44. The van der Waals surface area contributed by atoms with Gasteiger partial charge in [-0.1, -0.05) is 12.1 Å². The number of nitrogens with one attached hydrogen (secondary N) is 2. The Morgan fingerprint density at radius 1 is 1.07 bits per heavy atom. The Morgan fingerprint density at radius 2 is 1.89 bits per heavy atom. The maximum absolute atomic E-state index is 12.6. The first-order valence-corrected chi connectivity index (χ1v) is 9.11. The van der Waals surface area contributed by atoms with Gasteiger partial charge in [0.25, 0.3) is 11.8 Å². The van der Waals surface area contributed by atoms with Crippen LogP contribution in [0.2, 0.25) is 0 Å². The normalized spacial score (nSPS) is 11.7. The Hall–Kier alpha value is -3.41. The van der Waals surface area contributed by atoms with Crippen LogP contribution < -0.4 is 10.6 Å². The molecule has 1 aromatic carbocycles. The zero-order valence-electron chi connectivity index (χ0n) is 16.2. The van der Waals surface area contributed by atoms with Crippen LogP contribution in [0.5, 0.6) is 0 Å². The minimum absolute atomic E-state index is 0.0764. The molecule has 0 fully saturated rings. The third kappa shape index (κ3) is 4.65. The van der Waals surface area contributed by atoms with E-state index in [-0.39, 0.29) is 23.6 Å². The van der Waals surface area contributed by atoms with E-state index in [1.807, 2.05) is 38.1 Å². The van der Waals surface area contributed by atoms with Crippen LogP contribution in [0.1, 0.15) is 44.7 Å². The van der Waals surface area contributed by atoms with Crippen molar-refractivity contribution in [2.24, 2.45) is 0 Å². The number of carbonyl (C=O) groups excluding carboxylic acids is 2. The van der Waals surface area contributed by atoms with E-state index >= 15 is 0 Å².